The summed E-state index contributed by atoms with van der Waals surface area (Å²) in [5.41, 5.74) is 2.34. The molecular weight excluding hydrogens is 379 g/mol. The molecule has 0 unspecified atom stereocenters. The number of methoxy groups -OCH3 is 1. The van der Waals surface area contributed by atoms with Gasteiger partial charge >= 0.3 is 6.03 Å². The number of ether oxygens (including phenoxy) is 1. The number of carbonyl (C=O) groups excluding carboxylic acids is 1. The zero-order valence-corrected chi connectivity index (χ0v) is 15.8. The van der Waals surface area contributed by atoms with E-state index in [1.54, 1.807) is 22.8 Å². The average molecular weight is 395 g/mol. The maximum Gasteiger partial charge on any atom is 0.323 e. The molecule has 0 aliphatic rings. The lowest BCUT2D eigenvalue weighted by Crippen LogP contribution is -2.22. The van der Waals surface area contributed by atoms with E-state index < -0.39 is 6.03 Å². The van der Waals surface area contributed by atoms with Gasteiger partial charge in [-0.1, -0.05) is 37.0 Å². The van der Waals surface area contributed by atoms with Crippen LogP contribution in [0.15, 0.2) is 24.5 Å². The Morgan fingerprint density at radius 2 is 1.96 bits per heavy atom. The summed E-state index contributed by atoms with van der Waals surface area (Å²) in [6.07, 6.45) is 3.02. The van der Waals surface area contributed by atoms with Gasteiger partial charge in [0.15, 0.2) is 10.8 Å². The maximum absolute atomic E-state index is 12.4. The minimum Gasteiger partial charge on any atom is -0.480 e. The molecule has 0 aliphatic carbocycles. The molecule has 2 amide bonds. The number of carbonyl (C=O) groups is 1. The number of nitrogens with one attached hydrogen (secondary N) is 2. The van der Waals surface area contributed by atoms with Crippen molar-refractivity contribution in [3.8, 4) is 5.88 Å². The summed E-state index contributed by atoms with van der Waals surface area (Å²) in [7, 11) is 1.46. The highest BCUT2D eigenvalue weighted by atomic mass is 35.5. The van der Waals surface area contributed by atoms with E-state index >= 15 is 0 Å². The normalized spacial score (nSPS) is 11.0. The van der Waals surface area contributed by atoms with Crippen LogP contribution in [0.5, 0.6) is 5.88 Å². The number of urea groups is 1. The molecule has 10 heteroatoms. The fourth-order valence-corrected chi connectivity index (χ4v) is 2.92. The largest absolute Gasteiger partial charge is 0.480 e. The predicted octanol–water partition coefficient (Wildman–Crippen LogP) is 4.21. The molecule has 0 aliphatic heterocycles. The summed E-state index contributed by atoms with van der Waals surface area (Å²) in [5.74, 6) is 0.355. The summed E-state index contributed by atoms with van der Waals surface area (Å²) in [4.78, 5) is 20.6. The molecule has 136 valence electrons. The first-order chi connectivity index (χ1) is 12.4. The molecule has 0 fully saturated rings. The number of pyridine rings is 1. The second-order valence-electron chi connectivity index (χ2n) is 5.74. The Morgan fingerprint density at radius 1 is 1.19 bits per heavy atom. The van der Waals surface area contributed by atoms with Gasteiger partial charge in [-0.05, 0) is 12.0 Å². The summed E-state index contributed by atoms with van der Waals surface area (Å²) < 4.78 is 6.60. The van der Waals surface area contributed by atoms with Gasteiger partial charge in [0.2, 0.25) is 5.88 Å². The van der Waals surface area contributed by atoms with E-state index in [2.05, 4.69) is 25.7 Å². The first kappa shape index (κ1) is 18.2. The summed E-state index contributed by atoms with van der Waals surface area (Å²) in [6.45, 7) is 3.97. The van der Waals surface area contributed by atoms with Crippen LogP contribution in [-0.4, -0.2) is 32.7 Å². The fraction of sp³-hybridized carbons (Fsp3) is 0.250. The zero-order chi connectivity index (χ0) is 18.8. The Morgan fingerprint density at radius 3 is 2.62 bits per heavy atom. The standard InChI is InChI=1S/C16H16Cl2N6O2/c1-8(2)14-11(7-19-13-5-12(18)23-24(13)14)22-16(25)21-9-4-10(17)15(26-3)20-6-9/h4-8H,1-3H3,(H2,21,22,25). The quantitative estimate of drug-likeness (QED) is 0.691. The van der Waals surface area contributed by atoms with E-state index in [4.69, 9.17) is 27.9 Å². The molecule has 26 heavy (non-hydrogen) atoms. The van der Waals surface area contributed by atoms with Crippen molar-refractivity contribution in [2.75, 3.05) is 17.7 Å². The minimum absolute atomic E-state index is 0.0730. The van der Waals surface area contributed by atoms with Gasteiger partial charge in [-0.3, -0.25) is 0 Å². The van der Waals surface area contributed by atoms with Crippen LogP contribution in [0.25, 0.3) is 5.65 Å². The molecule has 0 aromatic carbocycles. The zero-order valence-electron chi connectivity index (χ0n) is 14.2. The Labute approximate surface area is 159 Å². The molecule has 0 atom stereocenters. The fourth-order valence-electron chi connectivity index (χ4n) is 2.50. The Balaban J connectivity index is 1.85. The third-order valence-corrected chi connectivity index (χ3v) is 4.00. The lowest BCUT2D eigenvalue weighted by atomic mass is 10.1. The van der Waals surface area contributed by atoms with Crippen LogP contribution in [0.1, 0.15) is 25.5 Å². The predicted molar refractivity (Wildman–Crippen MR) is 101 cm³/mol. The molecule has 3 heterocycles. The van der Waals surface area contributed by atoms with E-state index in [-0.39, 0.29) is 11.8 Å². The molecule has 2 N–H and O–H groups in total. The van der Waals surface area contributed by atoms with Crippen molar-refractivity contribution >= 4 is 46.3 Å². The van der Waals surface area contributed by atoms with E-state index in [9.17, 15) is 4.79 Å². The van der Waals surface area contributed by atoms with Crippen molar-refractivity contribution < 1.29 is 9.53 Å². The molecule has 0 saturated heterocycles. The third kappa shape index (κ3) is 3.66. The minimum atomic E-state index is -0.464. The van der Waals surface area contributed by atoms with Gasteiger partial charge in [0, 0.05) is 6.07 Å². The maximum atomic E-state index is 12.4. The molecule has 0 saturated carbocycles. The summed E-state index contributed by atoms with van der Waals surface area (Å²) >= 11 is 12.0. The van der Waals surface area contributed by atoms with Crippen LogP contribution in [0.3, 0.4) is 0 Å². The average Bonchev–Trinajstić information content (AvgIpc) is 2.94. The van der Waals surface area contributed by atoms with Crippen molar-refractivity contribution in [2.45, 2.75) is 19.8 Å². The van der Waals surface area contributed by atoms with Crippen LogP contribution in [0.2, 0.25) is 10.2 Å². The van der Waals surface area contributed by atoms with Gasteiger partial charge in [0.05, 0.1) is 36.6 Å². The van der Waals surface area contributed by atoms with Crippen LogP contribution in [0, 0.1) is 0 Å². The molecule has 0 radical (unpaired) electrons. The first-order valence-electron chi connectivity index (χ1n) is 7.70. The number of hydrogen-bond donors (Lipinski definition) is 2. The van der Waals surface area contributed by atoms with E-state index in [1.165, 1.54) is 13.3 Å². The Hall–Kier alpha value is -2.58. The first-order valence-corrected chi connectivity index (χ1v) is 8.46. The second-order valence-corrected chi connectivity index (χ2v) is 6.54. The summed E-state index contributed by atoms with van der Waals surface area (Å²) in [6, 6.07) is 2.74. The third-order valence-electron chi connectivity index (χ3n) is 3.54. The number of hydrogen-bond acceptors (Lipinski definition) is 5. The number of fused-ring (bicyclic) bond motifs is 1. The van der Waals surface area contributed by atoms with Crippen LogP contribution < -0.4 is 15.4 Å². The highest BCUT2D eigenvalue weighted by Crippen LogP contribution is 2.27. The smallest absolute Gasteiger partial charge is 0.323 e. The lowest BCUT2D eigenvalue weighted by molar-refractivity contribution is 0.262. The number of anilines is 2. The number of nitrogens with zero attached hydrogens (tertiary/aromatic N) is 4. The monoisotopic (exact) mass is 394 g/mol. The van der Waals surface area contributed by atoms with Crippen molar-refractivity contribution in [1.29, 1.82) is 0 Å². The Kier molecular flexibility index (Phi) is 5.15. The molecule has 3 aromatic rings. The van der Waals surface area contributed by atoms with Crippen molar-refractivity contribution in [3.63, 3.8) is 0 Å². The van der Waals surface area contributed by atoms with Gasteiger partial charge in [0.25, 0.3) is 0 Å². The van der Waals surface area contributed by atoms with Gasteiger partial charge in [-0.25, -0.2) is 19.3 Å². The van der Waals surface area contributed by atoms with Crippen LogP contribution in [0.4, 0.5) is 16.2 Å². The molecular formula is C16H16Cl2N6O2. The lowest BCUT2D eigenvalue weighted by Gasteiger charge is -2.15. The van der Waals surface area contributed by atoms with E-state index in [0.29, 0.717) is 27.2 Å². The molecule has 0 bridgehead atoms. The molecule has 8 nitrogen and oxygen atoms in total. The Bertz CT molecular complexity index is 973. The van der Waals surface area contributed by atoms with Gasteiger partial charge in [0.1, 0.15) is 5.02 Å². The van der Waals surface area contributed by atoms with Crippen molar-refractivity contribution in [2.24, 2.45) is 0 Å². The summed E-state index contributed by atoms with van der Waals surface area (Å²) in [5, 5.41) is 10.3. The van der Waals surface area contributed by atoms with E-state index in [1.807, 2.05) is 13.8 Å². The van der Waals surface area contributed by atoms with E-state index in [0.717, 1.165) is 5.69 Å². The van der Waals surface area contributed by atoms with Gasteiger partial charge in [-0.2, -0.15) is 5.10 Å². The molecule has 0 spiro atoms. The van der Waals surface area contributed by atoms with Gasteiger partial charge < -0.3 is 15.4 Å². The number of amides is 2. The SMILES string of the molecule is COc1ncc(NC(=O)Nc2cnc3cc(Cl)nn3c2C(C)C)cc1Cl. The van der Waals surface area contributed by atoms with Crippen molar-refractivity contribution in [1.82, 2.24) is 19.6 Å². The topological polar surface area (TPSA) is 93.4 Å². The molecule has 3 rings (SSSR count). The second kappa shape index (κ2) is 7.35. The number of halogens is 2. The van der Waals surface area contributed by atoms with Gasteiger partial charge in [-0.15, -0.1) is 0 Å². The highest BCUT2D eigenvalue weighted by Gasteiger charge is 2.17. The number of rotatable bonds is 4. The van der Waals surface area contributed by atoms with Crippen LogP contribution >= 0.6 is 23.2 Å². The van der Waals surface area contributed by atoms with Crippen molar-refractivity contribution in [3.05, 3.63) is 40.4 Å². The number of aromatic nitrogens is 4. The van der Waals surface area contributed by atoms with Crippen LogP contribution in [-0.2, 0) is 0 Å². The molecule has 3 aromatic heterocycles. The highest BCUT2D eigenvalue weighted by molar-refractivity contribution is 6.32.